The highest BCUT2D eigenvalue weighted by molar-refractivity contribution is 7.92. The van der Waals surface area contributed by atoms with Gasteiger partial charge in [-0.2, -0.15) is 0 Å². The van der Waals surface area contributed by atoms with Crippen LogP contribution in [0.4, 0.5) is 10.1 Å². The lowest BCUT2D eigenvalue weighted by atomic mass is 10.2. The van der Waals surface area contributed by atoms with Crippen molar-refractivity contribution in [2.45, 2.75) is 13.3 Å². The van der Waals surface area contributed by atoms with Crippen molar-refractivity contribution in [2.24, 2.45) is 5.73 Å². The number of hydrogen-bond acceptors (Lipinski definition) is 3. The van der Waals surface area contributed by atoms with E-state index in [2.05, 4.69) is 4.72 Å². The number of anilines is 1. The van der Waals surface area contributed by atoms with Crippen LogP contribution in [0.1, 0.15) is 23.7 Å². The van der Waals surface area contributed by atoms with Gasteiger partial charge in [0.1, 0.15) is 5.82 Å². The summed E-state index contributed by atoms with van der Waals surface area (Å²) >= 11 is 5.75. The highest BCUT2D eigenvalue weighted by Crippen LogP contribution is 2.28. The Kier molecular flexibility index (Phi) is 4.53. The van der Waals surface area contributed by atoms with Crippen molar-refractivity contribution >= 4 is 33.2 Å². The second-order valence-electron chi connectivity index (χ2n) is 3.57. The van der Waals surface area contributed by atoms with Crippen molar-refractivity contribution < 1.29 is 17.6 Å². The first-order valence-electron chi connectivity index (χ1n) is 5.06. The van der Waals surface area contributed by atoms with Gasteiger partial charge in [-0.05, 0) is 18.6 Å². The minimum absolute atomic E-state index is 0.0692. The van der Waals surface area contributed by atoms with E-state index >= 15 is 0 Å². The lowest BCUT2D eigenvalue weighted by Gasteiger charge is -2.11. The standard InChI is InChI=1S/C10H12ClFN2O3S/c1-2-5-18(16,17)14-7-4-3-6(12)8(9(7)11)10(13)15/h3-4,14H,2,5H2,1H3,(H2,13,15). The van der Waals surface area contributed by atoms with Gasteiger partial charge >= 0.3 is 0 Å². The Balaban J connectivity index is 3.21. The van der Waals surface area contributed by atoms with Gasteiger partial charge in [0.15, 0.2) is 0 Å². The van der Waals surface area contributed by atoms with Crippen molar-refractivity contribution in [1.29, 1.82) is 0 Å². The summed E-state index contributed by atoms with van der Waals surface area (Å²) in [5.74, 6) is -2.06. The maximum Gasteiger partial charge on any atom is 0.253 e. The van der Waals surface area contributed by atoms with Crippen LogP contribution in [0.15, 0.2) is 12.1 Å². The molecule has 3 N–H and O–H groups in total. The molecule has 1 aromatic rings. The molecule has 0 radical (unpaired) electrons. The minimum Gasteiger partial charge on any atom is -0.365 e. The molecule has 0 aliphatic carbocycles. The molecule has 1 rings (SSSR count). The summed E-state index contributed by atoms with van der Waals surface area (Å²) in [5, 5.41) is -0.345. The number of carbonyl (C=O) groups is 1. The maximum absolute atomic E-state index is 13.3. The Bertz CT molecular complexity index is 575. The Labute approximate surface area is 109 Å². The molecular weight excluding hydrogens is 283 g/mol. The first-order valence-corrected chi connectivity index (χ1v) is 7.09. The van der Waals surface area contributed by atoms with Gasteiger partial charge in [-0.25, -0.2) is 12.8 Å². The summed E-state index contributed by atoms with van der Waals surface area (Å²) < 4.78 is 38.6. The summed E-state index contributed by atoms with van der Waals surface area (Å²) in [6, 6.07) is 2.06. The Hall–Kier alpha value is -1.34. The normalized spacial score (nSPS) is 11.3. The summed E-state index contributed by atoms with van der Waals surface area (Å²) in [6.07, 6.45) is 0.414. The van der Waals surface area contributed by atoms with Crippen LogP contribution in [0.2, 0.25) is 5.02 Å². The van der Waals surface area contributed by atoms with E-state index in [4.69, 9.17) is 17.3 Å². The van der Waals surface area contributed by atoms with Crippen molar-refractivity contribution in [3.05, 3.63) is 28.5 Å². The molecule has 1 amide bonds. The van der Waals surface area contributed by atoms with Crippen LogP contribution in [0.5, 0.6) is 0 Å². The van der Waals surface area contributed by atoms with Gasteiger partial charge < -0.3 is 5.73 Å². The second kappa shape index (κ2) is 5.53. The van der Waals surface area contributed by atoms with Gasteiger partial charge in [0, 0.05) is 0 Å². The molecule has 0 spiro atoms. The second-order valence-corrected chi connectivity index (χ2v) is 5.79. The number of carbonyl (C=O) groups excluding carboxylic acids is 1. The quantitative estimate of drug-likeness (QED) is 0.866. The first kappa shape index (κ1) is 14.7. The molecular formula is C10H12ClFN2O3S. The van der Waals surface area contributed by atoms with Gasteiger partial charge in [-0.3, -0.25) is 9.52 Å². The fourth-order valence-electron chi connectivity index (χ4n) is 1.34. The average molecular weight is 295 g/mol. The van der Waals surface area contributed by atoms with E-state index in [1.165, 1.54) is 0 Å². The molecule has 0 atom stereocenters. The van der Waals surface area contributed by atoms with Gasteiger partial charge in [0.2, 0.25) is 10.0 Å². The summed E-state index contributed by atoms with van der Waals surface area (Å²) in [4.78, 5) is 11.0. The third kappa shape index (κ3) is 3.33. The third-order valence-electron chi connectivity index (χ3n) is 2.08. The Morgan fingerprint density at radius 3 is 2.61 bits per heavy atom. The highest BCUT2D eigenvalue weighted by Gasteiger charge is 2.19. The number of halogens is 2. The van der Waals surface area contributed by atoms with Crippen LogP contribution in [0, 0.1) is 5.82 Å². The van der Waals surface area contributed by atoms with Crippen molar-refractivity contribution in [3.8, 4) is 0 Å². The van der Waals surface area contributed by atoms with Gasteiger partial charge in [0.05, 0.1) is 22.0 Å². The molecule has 0 unspecified atom stereocenters. The predicted molar refractivity (Wildman–Crippen MR) is 67.6 cm³/mol. The van der Waals surface area contributed by atoms with E-state index < -0.39 is 27.3 Å². The lowest BCUT2D eigenvalue weighted by molar-refractivity contribution is 0.0996. The molecule has 8 heteroatoms. The molecule has 0 aliphatic heterocycles. The van der Waals surface area contributed by atoms with Crippen molar-refractivity contribution in [2.75, 3.05) is 10.5 Å². The van der Waals surface area contributed by atoms with E-state index in [0.29, 0.717) is 6.42 Å². The highest BCUT2D eigenvalue weighted by atomic mass is 35.5. The largest absolute Gasteiger partial charge is 0.365 e. The number of primary amides is 1. The third-order valence-corrected chi connectivity index (χ3v) is 3.95. The van der Waals surface area contributed by atoms with E-state index in [-0.39, 0.29) is 16.5 Å². The number of sulfonamides is 1. The Morgan fingerprint density at radius 2 is 2.11 bits per heavy atom. The molecule has 0 saturated carbocycles. The topological polar surface area (TPSA) is 89.3 Å². The van der Waals surface area contributed by atoms with Gasteiger partial charge in [-0.15, -0.1) is 0 Å². The van der Waals surface area contributed by atoms with E-state index in [1.54, 1.807) is 6.92 Å². The van der Waals surface area contributed by atoms with E-state index in [9.17, 15) is 17.6 Å². The zero-order valence-electron chi connectivity index (χ0n) is 9.54. The predicted octanol–water partition coefficient (Wildman–Crippen LogP) is 1.73. The van der Waals surface area contributed by atoms with Crippen LogP contribution in [0.25, 0.3) is 0 Å². The number of benzene rings is 1. The smallest absolute Gasteiger partial charge is 0.253 e. The number of rotatable bonds is 5. The fraction of sp³-hybridized carbons (Fsp3) is 0.300. The molecule has 18 heavy (non-hydrogen) atoms. The van der Waals surface area contributed by atoms with Crippen molar-refractivity contribution in [1.82, 2.24) is 0 Å². The summed E-state index contributed by atoms with van der Waals surface area (Å²) in [5.41, 5.74) is 4.36. The minimum atomic E-state index is -3.57. The molecule has 0 fully saturated rings. The van der Waals surface area contributed by atoms with E-state index in [0.717, 1.165) is 12.1 Å². The lowest BCUT2D eigenvalue weighted by Crippen LogP contribution is -2.19. The van der Waals surface area contributed by atoms with Gasteiger partial charge in [-0.1, -0.05) is 18.5 Å². The number of amides is 1. The number of nitrogens with one attached hydrogen (secondary N) is 1. The van der Waals surface area contributed by atoms with E-state index in [1.807, 2.05) is 0 Å². The summed E-state index contributed by atoms with van der Waals surface area (Å²) in [6.45, 7) is 1.69. The van der Waals surface area contributed by atoms with Crippen molar-refractivity contribution in [3.63, 3.8) is 0 Å². The molecule has 100 valence electrons. The molecule has 1 aromatic carbocycles. The van der Waals surface area contributed by atoms with Crippen LogP contribution in [-0.2, 0) is 10.0 Å². The number of hydrogen-bond donors (Lipinski definition) is 2. The molecule has 5 nitrogen and oxygen atoms in total. The maximum atomic E-state index is 13.3. The zero-order valence-corrected chi connectivity index (χ0v) is 11.1. The van der Waals surface area contributed by atoms with Crippen LogP contribution in [0.3, 0.4) is 0 Å². The van der Waals surface area contributed by atoms with Gasteiger partial charge in [0.25, 0.3) is 5.91 Å². The first-order chi connectivity index (χ1) is 8.28. The zero-order chi connectivity index (χ0) is 13.9. The number of nitrogens with two attached hydrogens (primary N) is 1. The monoisotopic (exact) mass is 294 g/mol. The van der Waals surface area contributed by atoms with Crippen LogP contribution in [-0.4, -0.2) is 20.1 Å². The van der Waals surface area contributed by atoms with Crippen LogP contribution < -0.4 is 10.5 Å². The molecule has 0 aliphatic rings. The Morgan fingerprint density at radius 1 is 1.50 bits per heavy atom. The fourth-order valence-corrected chi connectivity index (χ4v) is 2.84. The average Bonchev–Trinajstić information content (AvgIpc) is 2.21. The summed E-state index contributed by atoms with van der Waals surface area (Å²) in [7, 11) is -3.57. The molecule has 0 saturated heterocycles. The SMILES string of the molecule is CCCS(=O)(=O)Nc1ccc(F)c(C(N)=O)c1Cl. The molecule has 0 aromatic heterocycles. The molecule has 0 bridgehead atoms. The molecule has 0 heterocycles. The van der Waals surface area contributed by atoms with Crippen LogP contribution >= 0.6 is 11.6 Å².